The van der Waals surface area contributed by atoms with Gasteiger partial charge in [-0.25, -0.2) is 8.78 Å². The first kappa shape index (κ1) is 16.1. The van der Waals surface area contributed by atoms with Gasteiger partial charge in [-0.15, -0.1) is 0 Å². The predicted octanol–water partition coefficient (Wildman–Crippen LogP) is 4.05. The van der Waals surface area contributed by atoms with Gasteiger partial charge in [-0.05, 0) is 37.9 Å². The smallest absolute Gasteiger partial charge is 0.169 e. The fourth-order valence-corrected chi connectivity index (χ4v) is 3.12. The summed E-state index contributed by atoms with van der Waals surface area (Å²) in [5.74, 6) is -1.60. The molecule has 1 saturated carbocycles. The van der Waals surface area contributed by atoms with E-state index in [0.717, 1.165) is 24.8 Å². The van der Waals surface area contributed by atoms with Crippen LogP contribution in [0.4, 0.5) is 8.78 Å². The van der Waals surface area contributed by atoms with Gasteiger partial charge in [-0.2, -0.15) is 0 Å². The van der Waals surface area contributed by atoms with Gasteiger partial charge >= 0.3 is 0 Å². The molecule has 0 heterocycles. The standard InChI is InChI=1S/C17H23F2NO/c1-12-5-3-6-13(11-12)20(2)10-9-16(21)14-7-4-8-15(18)17(14)19/h4,7-8,12-13H,3,5-6,9-11H2,1-2H3. The monoisotopic (exact) mass is 295 g/mol. The summed E-state index contributed by atoms with van der Waals surface area (Å²) in [5, 5.41) is 0. The zero-order valence-electron chi connectivity index (χ0n) is 12.7. The van der Waals surface area contributed by atoms with E-state index in [-0.39, 0.29) is 17.8 Å². The lowest BCUT2D eigenvalue weighted by Gasteiger charge is -2.34. The molecule has 2 atom stereocenters. The molecule has 0 radical (unpaired) electrons. The van der Waals surface area contributed by atoms with Crippen molar-refractivity contribution in [2.75, 3.05) is 13.6 Å². The molecular weight excluding hydrogens is 272 g/mol. The van der Waals surface area contributed by atoms with Crippen LogP contribution in [0.25, 0.3) is 0 Å². The first-order valence-electron chi connectivity index (χ1n) is 7.66. The van der Waals surface area contributed by atoms with Crippen molar-refractivity contribution in [2.24, 2.45) is 5.92 Å². The fourth-order valence-electron chi connectivity index (χ4n) is 3.12. The van der Waals surface area contributed by atoms with Crippen LogP contribution < -0.4 is 0 Å². The number of nitrogens with zero attached hydrogens (tertiary/aromatic N) is 1. The lowest BCUT2D eigenvalue weighted by molar-refractivity contribution is 0.0940. The number of carbonyl (C=O) groups excluding carboxylic acids is 1. The molecule has 2 rings (SSSR count). The fraction of sp³-hybridized carbons (Fsp3) is 0.588. The SMILES string of the molecule is CC1CCCC(N(C)CCC(=O)c2cccc(F)c2F)C1. The first-order valence-corrected chi connectivity index (χ1v) is 7.66. The summed E-state index contributed by atoms with van der Waals surface area (Å²) in [6.45, 7) is 2.85. The molecule has 2 unspecified atom stereocenters. The minimum Gasteiger partial charge on any atom is -0.303 e. The number of carbonyl (C=O) groups is 1. The molecule has 2 nitrogen and oxygen atoms in total. The summed E-state index contributed by atoms with van der Waals surface area (Å²) < 4.78 is 26.7. The highest BCUT2D eigenvalue weighted by Crippen LogP contribution is 2.26. The van der Waals surface area contributed by atoms with E-state index in [2.05, 4.69) is 11.8 Å². The third-order valence-corrected chi connectivity index (χ3v) is 4.48. The van der Waals surface area contributed by atoms with Crippen LogP contribution >= 0.6 is 0 Å². The van der Waals surface area contributed by atoms with Gasteiger partial charge in [0.2, 0.25) is 0 Å². The first-order chi connectivity index (χ1) is 9.99. The second kappa shape index (κ2) is 7.12. The lowest BCUT2D eigenvalue weighted by atomic mass is 9.86. The van der Waals surface area contributed by atoms with Crippen LogP contribution in [-0.4, -0.2) is 30.3 Å². The van der Waals surface area contributed by atoms with Gasteiger partial charge in [-0.3, -0.25) is 4.79 Å². The molecule has 0 saturated heterocycles. The van der Waals surface area contributed by atoms with E-state index in [4.69, 9.17) is 0 Å². The van der Waals surface area contributed by atoms with Gasteiger partial charge in [0.05, 0.1) is 5.56 Å². The van der Waals surface area contributed by atoms with E-state index in [0.29, 0.717) is 12.6 Å². The summed E-state index contributed by atoms with van der Waals surface area (Å²) in [6, 6.07) is 4.25. The number of rotatable bonds is 5. The lowest BCUT2D eigenvalue weighted by Crippen LogP contribution is -2.36. The Morgan fingerprint density at radius 1 is 1.33 bits per heavy atom. The molecule has 1 aliphatic carbocycles. The second-order valence-electron chi connectivity index (χ2n) is 6.18. The van der Waals surface area contributed by atoms with Gasteiger partial charge < -0.3 is 4.90 Å². The highest BCUT2D eigenvalue weighted by atomic mass is 19.2. The van der Waals surface area contributed by atoms with Crippen molar-refractivity contribution in [1.82, 2.24) is 4.90 Å². The van der Waals surface area contributed by atoms with Gasteiger partial charge in [0.1, 0.15) is 0 Å². The summed E-state index contributed by atoms with van der Waals surface area (Å²) >= 11 is 0. The topological polar surface area (TPSA) is 20.3 Å². The minimum absolute atomic E-state index is 0.139. The van der Waals surface area contributed by atoms with Crippen LogP contribution in [0.15, 0.2) is 18.2 Å². The normalized spacial score (nSPS) is 22.5. The van der Waals surface area contributed by atoms with Crippen LogP contribution in [0.2, 0.25) is 0 Å². The van der Waals surface area contributed by atoms with E-state index >= 15 is 0 Å². The quantitative estimate of drug-likeness (QED) is 0.764. The van der Waals surface area contributed by atoms with Gasteiger partial charge in [0.15, 0.2) is 17.4 Å². The molecule has 0 aliphatic heterocycles. The highest BCUT2D eigenvalue weighted by Gasteiger charge is 2.23. The number of hydrogen-bond acceptors (Lipinski definition) is 2. The summed E-state index contributed by atoms with van der Waals surface area (Å²) in [6.07, 6.45) is 5.03. The van der Waals surface area contributed by atoms with Crippen molar-refractivity contribution in [1.29, 1.82) is 0 Å². The molecule has 116 valence electrons. The third-order valence-electron chi connectivity index (χ3n) is 4.48. The Morgan fingerprint density at radius 2 is 2.10 bits per heavy atom. The number of ketones is 1. The largest absolute Gasteiger partial charge is 0.303 e. The van der Waals surface area contributed by atoms with E-state index in [1.807, 2.05) is 7.05 Å². The van der Waals surface area contributed by atoms with Crippen LogP contribution in [-0.2, 0) is 0 Å². The van der Waals surface area contributed by atoms with Crippen molar-refractivity contribution >= 4 is 5.78 Å². The Balaban J connectivity index is 1.90. The number of Topliss-reactive ketones (excluding diaryl/α,β-unsaturated/α-hetero) is 1. The van der Waals surface area contributed by atoms with Crippen molar-refractivity contribution in [3.05, 3.63) is 35.4 Å². The Labute approximate surface area is 125 Å². The van der Waals surface area contributed by atoms with Crippen LogP contribution in [0.1, 0.15) is 49.4 Å². The molecule has 1 aliphatic rings. The summed E-state index contributed by atoms with van der Waals surface area (Å²) in [5.41, 5.74) is -0.139. The minimum atomic E-state index is -1.03. The Morgan fingerprint density at radius 3 is 2.81 bits per heavy atom. The zero-order valence-corrected chi connectivity index (χ0v) is 12.7. The van der Waals surface area contributed by atoms with Crippen LogP contribution in [0.3, 0.4) is 0 Å². The van der Waals surface area contributed by atoms with Crippen molar-refractivity contribution in [3.8, 4) is 0 Å². The number of halogens is 2. The average Bonchev–Trinajstić information content (AvgIpc) is 2.47. The summed E-state index contributed by atoms with van der Waals surface area (Å²) in [7, 11) is 2.01. The highest BCUT2D eigenvalue weighted by molar-refractivity contribution is 5.96. The second-order valence-corrected chi connectivity index (χ2v) is 6.18. The molecule has 0 aromatic heterocycles. The zero-order chi connectivity index (χ0) is 15.4. The maximum absolute atomic E-state index is 13.6. The van der Waals surface area contributed by atoms with Gasteiger partial charge in [0.25, 0.3) is 0 Å². The van der Waals surface area contributed by atoms with Crippen LogP contribution in [0, 0.1) is 17.6 Å². The van der Waals surface area contributed by atoms with Gasteiger partial charge in [0, 0.05) is 19.0 Å². The van der Waals surface area contributed by atoms with Crippen molar-refractivity contribution in [2.45, 2.75) is 45.1 Å². The maximum Gasteiger partial charge on any atom is 0.169 e. The number of hydrogen-bond donors (Lipinski definition) is 0. The molecule has 1 aromatic rings. The molecule has 0 N–H and O–H groups in total. The molecule has 21 heavy (non-hydrogen) atoms. The average molecular weight is 295 g/mol. The van der Waals surface area contributed by atoms with E-state index in [9.17, 15) is 13.6 Å². The number of benzene rings is 1. The van der Waals surface area contributed by atoms with Gasteiger partial charge in [-0.1, -0.05) is 25.8 Å². The molecule has 1 aromatic carbocycles. The summed E-state index contributed by atoms with van der Waals surface area (Å²) in [4.78, 5) is 14.2. The molecule has 0 amide bonds. The molecule has 0 bridgehead atoms. The Kier molecular flexibility index (Phi) is 5.45. The Hall–Kier alpha value is -1.29. The van der Waals surface area contributed by atoms with Crippen molar-refractivity contribution in [3.63, 3.8) is 0 Å². The van der Waals surface area contributed by atoms with Crippen LogP contribution in [0.5, 0.6) is 0 Å². The molecular formula is C17H23F2NO. The molecule has 4 heteroatoms. The van der Waals surface area contributed by atoms with Crippen molar-refractivity contribution < 1.29 is 13.6 Å². The predicted molar refractivity (Wildman–Crippen MR) is 79.4 cm³/mol. The molecule has 1 fully saturated rings. The van der Waals surface area contributed by atoms with E-state index < -0.39 is 11.6 Å². The van der Waals surface area contributed by atoms with E-state index in [1.54, 1.807) is 0 Å². The maximum atomic E-state index is 13.6. The van der Waals surface area contributed by atoms with E-state index in [1.165, 1.54) is 25.0 Å². The molecule has 0 spiro atoms. The Bertz CT molecular complexity index is 504. The third kappa shape index (κ3) is 4.10.